The zero-order valence-corrected chi connectivity index (χ0v) is 21.2. The number of carbonyl (C=O) groups is 2. The number of hydrogen-bond acceptors (Lipinski definition) is 4. The fourth-order valence-electron chi connectivity index (χ4n) is 4.94. The van der Waals surface area contributed by atoms with Gasteiger partial charge < -0.3 is 4.90 Å². The Morgan fingerprint density at radius 2 is 2.00 bits per heavy atom. The second-order valence-electron chi connectivity index (χ2n) is 9.44. The summed E-state index contributed by atoms with van der Waals surface area (Å²) in [6, 6.07) is 9.88. The lowest BCUT2D eigenvalue weighted by molar-refractivity contribution is -0.122. The van der Waals surface area contributed by atoms with Crippen molar-refractivity contribution in [2.24, 2.45) is 0 Å². The normalized spacial score (nSPS) is 21.1. The minimum atomic E-state index is -0.660. The van der Waals surface area contributed by atoms with Gasteiger partial charge in [0.05, 0.1) is 5.69 Å². The average Bonchev–Trinajstić information content (AvgIpc) is 2.74. The van der Waals surface area contributed by atoms with E-state index in [2.05, 4.69) is 37.9 Å². The smallest absolute Gasteiger partial charge is 0.270 e. The number of nitrogens with one attached hydrogen (secondary N) is 1. The number of anilines is 2. The van der Waals surface area contributed by atoms with Crippen molar-refractivity contribution < 1.29 is 14.0 Å². The first-order chi connectivity index (χ1) is 16.0. The van der Waals surface area contributed by atoms with Crippen LogP contribution >= 0.6 is 23.8 Å². The van der Waals surface area contributed by atoms with Crippen LogP contribution in [0.4, 0.5) is 15.8 Å². The first kappa shape index (κ1) is 24.4. The Balaban J connectivity index is 1.78. The fourth-order valence-corrected chi connectivity index (χ4v) is 5.41. The van der Waals surface area contributed by atoms with Gasteiger partial charge in [-0.05, 0) is 86.8 Å². The molecule has 0 saturated carbocycles. The predicted molar refractivity (Wildman–Crippen MR) is 139 cm³/mol. The second kappa shape index (κ2) is 9.12. The van der Waals surface area contributed by atoms with E-state index in [0.29, 0.717) is 10.7 Å². The molecule has 178 valence electrons. The minimum Gasteiger partial charge on any atom is -0.366 e. The van der Waals surface area contributed by atoms with Gasteiger partial charge in [0, 0.05) is 28.4 Å². The van der Waals surface area contributed by atoms with Gasteiger partial charge in [-0.15, -0.1) is 0 Å². The lowest BCUT2D eigenvalue weighted by atomic mass is 9.79. The zero-order chi connectivity index (χ0) is 24.8. The van der Waals surface area contributed by atoms with Crippen LogP contribution in [0.1, 0.15) is 57.6 Å². The Morgan fingerprint density at radius 3 is 2.68 bits per heavy atom. The van der Waals surface area contributed by atoms with Crippen LogP contribution in [0, 0.1) is 5.82 Å². The molecule has 2 aromatic carbocycles. The Bertz CT molecular complexity index is 1230. The molecule has 0 aromatic heterocycles. The van der Waals surface area contributed by atoms with Crippen molar-refractivity contribution in [3.05, 3.63) is 63.9 Å². The molecule has 8 heteroatoms. The lowest BCUT2D eigenvalue weighted by Crippen LogP contribution is -2.54. The zero-order valence-electron chi connectivity index (χ0n) is 19.6. The molecule has 1 N–H and O–H groups in total. The molecule has 1 unspecified atom stereocenters. The third-order valence-corrected chi connectivity index (χ3v) is 6.94. The van der Waals surface area contributed by atoms with Crippen LogP contribution in [-0.2, 0) is 9.59 Å². The van der Waals surface area contributed by atoms with Gasteiger partial charge in [0.25, 0.3) is 11.8 Å². The van der Waals surface area contributed by atoms with E-state index in [1.54, 1.807) is 30.3 Å². The van der Waals surface area contributed by atoms with Gasteiger partial charge in [-0.2, -0.15) is 0 Å². The Kier molecular flexibility index (Phi) is 6.53. The molecule has 0 aliphatic carbocycles. The molecule has 1 saturated heterocycles. The van der Waals surface area contributed by atoms with E-state index < -0.39 is 17.6 Å². The quantitative estimate of drug-likeness (QED) is 0.327. The summed E-state index contributed by atoms with van der Waals surface area (Å²) in [5.74, 6) is -1.58. The second-order valence-corrected chi connectivity index (χ2v) is 10.3. The highest BCUT2D eigenvalue weighted by Crippen LogP contribution is 2.44. The van der Waals surface area contributed by atoms with E-state index in [4.69, 9.17) is 23.8 Å². The van der Waals surface area contributed by atoms with Gasteiger partial charge in [-0.3, -0.25) is 19.8 Å². The lowest BCUT2D eigenvalue weighted by Gasteiger charge is -2.47. The van der Waals surface area contributed by atoms with E-state index >= 15 is 4.39 Å². The summed E-state index contributed by atoms with van der Waals surface area (Å²) in [6.45, 7) is 9.39. The van der Waals surface area contributed by atoms with E-state index in [-0.39, 0.29) is 27.7 Å². The summed E-state index contributed by atoms with van der Waals surface area (Å²) in [6.07, 6.45) is 3.17. The van der Waals surface area contributed by atoms with Crippen molar-refractivity contribution >= 4 is 58.2 Å². The molecule has 0 spiro atoms. The molecule has 1 atom stereocenters. The molecule has 2 aliphatic heterocycles. The molecule has 34 heavy (non-hydrogen) atoms. The first-order valence-electron chi connectivity index (χ1n) is 11.3. The number of carbonyl (C=O) groups excluding carboxylic acids is 2. The van der Waals surface area contributed by atoms with Gasteiger partial charge in [-0.25, -0.2) is 4.39 Å². The van der Waals surface area contributed by atoms with E-state index in [1.165, 1.54) is 17.0 Å². The third kappa shape index (κ3) is 4.34. The maximum atomic E-state index is 15.4. The highest BCUT2D eigenvalue weighted by molar-refractivity contribution is 7.80. The number of nitrogens with zero attached hydrogens (tertiary/aromatic N) is 2. The highest BCUT2D eigenvalue weighted by atomic mass is 35.5. The highest BCUT2D eigenvalue weighted by Gasteiger charge is 2.38. The van der Waals surface area contributed by atoms with Crippen LogP contribution in [0.25, 0.3) is 6.08 Å². The number of halogens is 2. The molecule has 1 fully saturated rings. The van der Waals surface area contributed by atoms with Crippen LogP contribution in [0.3, 0.4) is 0 Å². The Labute approximate surface area is 209 Å². The molecular weight excluding hydrogens is 473 g/mol. The molecule has 0 radical (unpaired) electrons. The van der Waals surface area contributed by atoms with Crippen molar-refractivity contribution in [2.75, 3.05) is 16.3 Å². The standard InChI is InChI=1S/C26H27ClFN3O2S/c1-5-9-30-22-13-21(28)16(10-19(22)15(2)14-26(30,3)4)11-20-23(32)29-25(34)31(24(20)33)18-8-6-7-17(27)12-18/h6-8,10-13,15H,5,9,14H2,1-4H3,(H,29,32,34)/b20-11-. The summed E-state index contributed by atoms with van der Waals surface area (Å²) >= 11 is 11.3. The summed E-state index contributed by atoms with van der Waals surface area (Å²) in [7, 11) is 0. The largest absolute Gasteiger partial charge is 0.366 e. The van der Waals surface area contributed by atoms with Gasteiger partial charge in [-0.1, -0.05) is 31.5 Å². The van der Waals surface area contributed by atoms with E-state index in [9.17, 15) is 9.59 Å². The molecule has 4 rings (SSSR count). The fraction of sp³-hybridized carbons (Fsp3) is 0.346. The molecule has 5 nitrogen and oxygen atoms in total. The predicted octanol–water partition coefficient (Wildman–Crippen LogP) is 5.81. The molecule has 0 bridgehead atoms. The number of thiocarbonyl (C=S) groups is 1. The van der Waals surface area contributed by atoms with Gasteiger partial charge in [0.1, 0.15) is 11.4 Å². The average molecular weight is 500 g/mol. The van der Waals surface area contributed by atoms with Crippen molar-refractivity contribution in [2.45, 2.75) is 52.0 Å². The Hall–Kier alpha value is -2.77. The number of hydrogen-bond donors (Lipinski definition) is 1. The maximum absolute atomic E-state index is 15.4. The van der Waals surface area contributed by atoms with Gasteiger partial charge in [0.15, 0.2) is 5.11 Å². The van der Waals surface area contributed by atoms with E-state index in [0.717, 1.165) is 30.6 Å². The van der Waals surface area contributed by atoms with Crippen LogP contribution in [-0.4, -0.2) is 29.0 Å². The van der Waals surface area contributed by atoms with Crippen LogP contribution in [0.5, 0.6) is 0 Å². The topological polar surface area (TPSA) is 52.7 Å². The summed E-state index contributed by atoms with van der Waals surface area (Å²) < 4.78 is 15.4. The van der Waals surface area contributed by atoms with Crippen LogP contribution < -0.4 is 15.1 Å². The number of fused-ring (bicyclic) bond motifs is 1. The molecule has 2 heterocycles. The molecule has 2 aromatic rings. The van der Waals surface area contributed by atoms with Crippen LogP contribution in [0.2, 0.25) is 5.02 Å². The third-order valence-electron chi connectivity index (χ3n) is 6.42. The van der Waals surface area contributed by atoms with Crippen molar-refractivity contribution in [3.8, 4) is 0 Å². The minimum absolute atomic E-state index is 0.0496. The number of rotatable bonds is 4. The van der Waals surface area contributed by atoms with E-state index in [1.807, 2.05) is 0 Å². The Morgan fingerprint density at radius 1 is 1.26 bits per heavy atom. The maximum Gasteiger partial charge on any atom is 0.270 e. The molecular formula is C26H27ClFN3O2S. The molecule has 2 aliphatic rings. The molecule has 2 amide bonds. The summed E-state index contributed by atoms with van der Waals surface area (Å²) in [4.78, 5) is 29.4. The van der Waals surface area contributed by atoms with Gasteiger partial charge in [0.2, 0.25) is 0 Å². The first-order valence-corrected chi connectivity index (χ1v) is 12.1. The van der Waals surface area contributed by atoms with Crippen molar-refractivity contribution in [1.82, 2.24) is 5.32 Å². The van der Waals surface area contributed by atoms with Crippen molar-refractivity contribution in [3.63, 3.8) is 0 Å². The van der Waals surface area contributed by atoms with Crippen molar-refractivity contribution in [1.29, 1.82) is 0 Å². The SMILES string of the molecule is CCCN1c2cc(F)c(/C=C3/C(=O)NC(=S)N(c4cccc(Cl)c4)C3=O)cc2C(C)CC1(C)C. The summed E-state index contributed by atoms with van der Waals surface area (Å²) in [5.41, 5.74) is 2.20. The number of amides is 2. The van der Waals surface area contributed by atoms with Crippen LogP contribution in [0.15, 0.2) is 42.0 Å². The monoisotopic (exact) mass is 499 g/mol. The van der Waals surface area contributed by atoms with Gasteiger partial charge >= 0.3 is 0 Å². The summed E-state index contributed by atoms with van der Waals surface area (Å²) in [5, 5.41) is 2.90. The number of benzene rings is 2.